The number of aromatic nitrogens is 3. The monoisotopic (exact) mass is 603 g/mol. The molecular weight excluding hydrogens is 577 g/mol. The van der Waals surface area contributed by atoms with E-state index in [2.05, 4.69) is 20.6 Å². The minimum atomic E-state index is -0.265. The van der Waals surface area contributed by atoms with Gasteiger partial charge in [0.05, 0.1) is 29.9 Å². The Kier molecular flexibility index (Phi) is 8.80. The van der Waals surface area contributed by atoms with E-state index in [9.17, 15) is 9.59 Å². The lowest BCUT2D eigenvalue weighted by Gasteiger charge is -2.16. The molecule has 0 aliphatic rings. The van der Waals surface area contributed by atoms with Crippen molar-refractivity contribution in [3.05, 3.63) is 111 Å². The number of fused-ring (bicyclic) bond motifs is 1. The molecule has 0 bridgehead atoms. The number of H-pyrrole nitrogens is 1. The van der Waals surface area contributed by atoms with Crippen LogP contribution in [0.5, 0.6) is 11.8 Å². The summed E-state index contributed by atoms with van der Waals surface area (Å²) in [6.07, 6.45) is 4.99. The molecule has 0 aliphatic carbocycles. The van der Waals surface area contributed by atoms with Gasteiger partial charge in [0.2, 0.25) is 5.91 Å². The highest BCUT2D eigenvalue weighted by molar-refractivity contribution is 6.37. The fourth-order valence-corrected chi connectivity index (χ4v) is 4.91. The van der Waals surface area contributed by atoms with Gasteiger partial charge in [0.1, 0.15) is 17.9 Å². The van der Waals surface area contributed by atoms with Crippen molar-refractivity contribution in [1.82, 2.24) is 25.2 Å². The summed E-state index contributed by atoms with van der Waals surface area (Å²) >= 11 is 13.4. The minimum Gasteiger partial charge on any atom is -0.486 e. The van der Waals surface area contributed by atoms with Crippen LogP contribution < -0.4 is 20.1 Å². The molecular formula is C31H27Cl2N5O4. The van der Waals surface area contributed by atoms with Gasteiger partial charge < -0.3 is 29.7 Å². The number of carbonyl (C=O) groups is 2. The topological polar surface area (TPSA) is 110 Å². The number of hydrogen-bond acceptors (Lipinski definition) is 5. The average Bonchev–Trinajstić information content (AvgIpc) is 3.66. The number of benzene rings is 3. The summed E-state index contributed by atoms with van der Waals surface area (Å²) in [6, 6.07) is 20.2. The second-order valence-corrected chi connectivity index (χ2v) is 9.95. The number of methoxy groups -OCH3 is 1. The van der Waals surface area contributed by atoms with E-state index < -0.39 is 0 Å². The molecule has 0 fully saturated rings. The standard InChI is InChI=1S/C31H27Cl2N5O4/c1-34-30(40)20-11-8-19(9-12-20)10-15-27(39)35-17-21-5-4-16-38(21)25-14-13-23(32)22(28(25)33)18-42-26-7-3-6-24-29(26)37-31(36-24)41-2/h3-16H,17-18H2,1-2H3,(H,34,40)(H,35,39)(H,36,37). The molecule has 2 aromatic heterocycles. The predicted molar refractivity (Wildman–Crippen MR) is 163 cm³/mol. The summed E-state index contributed by atoms with van der Waals surface area (Å²) < 4.78 is 13.2. The highest BCUT2D eigenvalue weighted by Crippen LogP contribution is 2.34. The third kappa shape index (κ3) is 6.27. The van der Waals surface area contributed by atoms with E-state index in [0.717, 1.165) is 16.8 Å². The van der Waals surface area contributed by atoms with Crippen molar-refractivity contribution >= 4 is 52.1 Å². The van der Waals surface area contributed by atoms with Gasteiger partial charge in [0.15, 0.2) is 0 Å². The van der Waals surface area contributed by atoms with Gasteiger partial charge in [-0.2, -0.15) is 4.98 Å². The van der Waals surface area contributed by atoms with Crippen molar-refractivity contribution in [3.8, 4) is 17.4 Å². The summed E-state index contributed by atoms with van der Waals surface area (Å²) in [5.41, 5.74) is 4.89. The molecule has 5 rings (SSSR count). The fourth-order valence-electron chi connectivity index (χ4n) is 4.34. The summed E-state index contributed by atoms with van der Waals surface area (Å²) in [7, 11) is 3.12. The van der Waals surface area contributed by atoms with Crippen molar-refractivity contribution in [2.45, 2.75) is 13.2 Å². The molecule has 214 valence electrons. The zero-order chi connectivity index (χ0) is 29.6. The molecule has 0 atom stereocenters. The smallest absolute Gasteiger partial charge is 0.294 e. The summed E-state index contributed by atoms with van der Waals surface area (Å²) in [6.45, 7) is 0.377. The molecule has 9 nitrogen and oxygen atoms in total. The van der Waals surface area contributed by atoms with Crippen molar-refractivity contribution < 1.29 is 19.1 Å². The highest BCUT2D eigenvalue weighted by atomic mass is 35.5. The number of nitrogens with one attached hydrogen (secondary N) is 3. The molecule has 0 unspecified atom stereocenters. The van der Waals surface area contributed by atoms with Gasteiger partial charge in [-0.15, -0.1) is 0 Å². The highest BCUT2D eigenvalue weighted by Gasteiger charge is 2.16. The Morgan fingerprint density at radius 3 is 2.62 bits per heavy atom. The van der Waals surface area contributed by atoms with Crippen LogP contribution in [0.2, 0.25) is 10.0 Å². The molecule has 11 heteroatoms. The number of halogens is 2. The second-order valence-electron chi connectivity index (χ2n) is 9.17. The van der Waals surface area contributed by atoms with Crippen LogP contribution in [0, 0.1) is 0 Å². The van der Waals surface area contributed by atoms with Crippen LogP contribution >= 0.6 is 23.2 Å². The van der Waals surface area contributed by atoms with Crippen LogP contribution in [0.3, 0.4) is 0 Å². The minimum absolute atomic E-state index is 0.113. The Bertz CT molecular complexity index is 1780. The van der Waals surface area contributed by atoms with Gasteiger partial charge in [-0.1, -0.05) is 41.4 Å². The summed E-state index contributed by atoms with van der Waals surface area (Å²) in [4.78, 5) is 31.7. The van der Waals surface area contributed by atoms with Crippen molar-refractivity contribution in [3.63, 3.8) is 0 Å². The van der Waals surface area contributed by atoms with E-state index in [-0.39, 0.29) is 25.0 Å². The van der Waals surface area contributed by atoms with E-state index >= 15 is 0 Å². The van der Waals surface area contributed by atoms with Crippen LogP contribution in [0.25, 0.3) is 22.8 Å². The number of ether oxygens (including phenoxy) is 2. The quantitative estimate of drug-likeness (QED) is 0.171. The Labute approximate surface area is 252 Å². The first-order valence-electron chi connectivity index (χ1n) is 12.9. The number of carbonyl (C=O) groups excluding carboxylic acids is 2. The number of nitrogens with zero attached hydrogens (tertiary/aromatic N) is 2. The van der Waals surface area contributed by atoms with Gasteiger partial charge in [0, 0.05) is 41.2 Å². The Balaban J connectivity index is 1.27. The predicted octanol–water partition coefficient (Wildman–Crippen LogP) is 5.94. The first kappa shape index (κ1) is 28.8. The number of para-hydroxylation sites is 1. The lowest BCUT2D eigenvalue weighted by molar-refractivity contribution is -0.116. The van der Waals surface area contributed by atoms with Gasteiger partial charge in [-0.05, 0) is 60.2 Å². The molecule has 2 amide bonds. The van der Waals surface area contributed by atoms with Crippen molar-refractivity contribution in [2.75, 3.05) is 14.2 Å². The van der Waals surface area contributed by atoms with Gasteiger partial charge in [0.25, 0.3) is 11.9 Å². The zero-order valence-corrected chi connectivity index (χ0v) is 24.3. The molecule has 0 spiro atoms. The molecule has 2 heterocycles. The van der Waals surface area contributed by atoms with Crippen LogP contribution in [-0.2, 0) is 17.9 Å². The molecule has 0 saturated heterocycles. The third-order valence-electron chi connectivity index (χ3n) is 6.55. The Morgan fingerprint density at radius 1 is 1.05 bits per heavy atom. The number of hydrogen-bond donors (Lipinski definition) is 3. The lowest BCUT2D eigenvalue weighted by atomic mass is 10.1. The van der Waals surface area contributed by atoms with E-state index in [0.29, 0.717) is 44.1 Å². The fraction of sp³-hybridized carbons (Fsp3) is 0.129. The average molecular weight is 604 g/mol. The van der Waals surface area contributed by atoms with Gasteiger partial charge in [-0.3, -0.25) is 9.59 Å². The molecule has 0 aliphatic heterocycles. The third-order valence-corrected chi connectivity index (χ3v) is 7.32. The Morgan fingerprint density at radius 2 is 1.86 bits per heavy atom. The largest absolute Gasteiger partial charge is 0.486 e. The van der Waals surface area contributed by atoms with Crippen LogP contribution in [0.4, 0.5) is 0 Å². The molecule has 0 radical (unpaired) electrons. The number of imidazole rings is 1. The summed E-state index contributed by atoms with van der Waals surface area (Å²) in [5, 5.41) is 6.36. The maximum Gasteiger partial charge on any atom is 0.294 e. The number of amides is 2. The lowest BCUT2D eigenvalue weighted by Crippen LogP contribution is -2.21. The van der Waals surface area contributed by atoms with E-state index in [1.54, 1.807) is 43.5 Å². The summed E-state index contributed by atoms with van der Waals surface area (Å²) in [5.74, 6) is 0.127. The maximum absolute atomic E-state index is 12.5. The molecule has 0 saturated carbocycles. The van der Waals surface area contributed by atoms with E-state index in [1.807, 2.05) is 47.2 Å². The van der Waals surface area contributed by atoms with Crippen LogP contribution in [0.1, 0.15) is 27.2 Å². The Hall–Kier alpha value is -4.73. The van der Waals surface area contributed by atoms with Crippen molar-refractivity contribution in [1.29, 1.82) is 0 Å². The maximum atomic E-state index is 12.5. The molecule has 3 aromatic carbocycles. The van der Waals surface area contributed by atoms with Gasteiger partial charge >= 0.3 is 0 Å². The normalized spacial score (nSPS) is 11.1. The number of aromatic amines is 1. The first-order chi connectivity index (χ1) is 20.4. The van der Waals surface area contributed by atoms with Gasteiger partial charge in [-0.25, -0.2) is 0 Å². The number of rotatable bonds is 10. The SMILES string of the molecule is CNC(=O)c1ccc(C=CC(=O)NCc2cccn2-c2ccc(Cl)c(COc3cccc4[nH]c(OC)nc34)c2Cl)cc1. The van der Waals surface area contributed by atoms with E-state index in [4.69, 9.17) is 32.7 Å². The van der Waals surface area contributed by atoms with E-state index in [1.165, 1.54) is 13.2 Å². The zero-order valence-electron chi connectivity index (χ0n) is 22.8. The molecule has 5 aromatic rings. The van der Waals surface area contributed by atoms with Crippen molar-refractivity contribution in [2.24, 2.45) is 0 Å². The second kappa shape index (κ2) is 12.8. The molecule has 42 heavy (non-hydrogen) atoms. The van der Waals surface area contributed by atoms with Crippen LogP contribution in [-0.4, -0.2) is 40.5 Å². The molecule has 3 N–H and O–H groups in total. The van der Waals surface area contributed by atoms with Crippen LogP contribution in [0.15, 0.2) is 79.0 Å². The first-order valence-corrected chi connectivity index (χ1v) is 13.7.